The number of nitriles is 1. The zero-order valence-electron chi connectivity index (χ0n) is 19.3. The Balaban J connectivity index is 1.24. The van der Waals surface area contributed by atoms with Crippen molar-refractivity contribution in [2.45, 2.75) is 11.2 Å². The number of fused-ring (bicyclic) bond motifs is 1. The van der Waals surface area contributed by atoms with Gasteiger partial charge in [-0.3, -0.25) is 4.90 Å². The lowest BCUT2D eigenvalue weighted by Gasteiger charge is -2.37. The monoisotopic (exact) mass is 532 g/mol. The molecule has 2 aliphatic rings. The van der Waals surface area contributed by atoms with Gasteiger partial charge >= 0.3 is 6.18 Å². The number of pyridine rings is 1. The van der Waals surface area contributed by atoms with Crippen LogP contribution in [0.2, 0.25) is 0 Å². The van der Waals surface area contributed by atoms with E-state index in [0.717, 1.165) is 49.4 Å². The molecule has 11 heteroatoms. The van der Waals surface area contributed by atoms with E-state index in [2.05, 4.69) is 14.8 Å². The summed E-state index contributed by atoms with van der Waals surface area (Å²) < 4.78 is 52.7. The maximum Gasteiger partial charge on any atom is 0.417 e. The van der Waals surface area contributed by atoms with E-state index in [-0.39, 0.29) is 10.7 Å². The van der Waals surface area contributed by atoms with Crippen LogP contribution in [0.5, 0.6) is 11.5 Å². The molecule has 0 spiro atoms. The van der Waals surface area contributed by atoms with Crippen molar-refractivity contribution in [1.82, 2.24) is 9.88 Å². The smallest absolute Gasteiger partial charge is 0.417 e. The number of anilines is 1. The molecule has 3 aromatic rings. The number of aromatic nitrogens is 1. The Morgan fingerprint density at radius 2 is 1.89 bits per heavy atom. The molecule has 4 heterocycles. The Morgan fingerprint density at radius 3 is 2.61 bits per heavy atom. The number of thioether (sulfide) groups is 1. The van der Waals surface area contributed by atoms with Crippen LogP contribution in [0.15, 0.2) is 46.8 Å². The minimum absolute atomic E-state index is 0.127. The summed E-state index contributed by atoms with van der Waals surface area (Å²) in [5.74, 6) is 2.08. The third kappa shape index (κ3) is 5.26. The second kappa shape index (κ2) is 10.6. The summed E-state index contributed by atoms with van der Waals surface area (Å²) in [6.07, 6.45) is -4.63. The first-order chi connectivity index (χ1) is 17.4. The van der Waals surface area contributed by atoms with Crippen LogP contribution in [0.25, 0.3) is 10.6 Å². The molecule has 0 N–H and O–H groups in total. The van der Waals surface area contributed by atoms with Crippen LogP contribution in [0.3, 0.4) is 0 Å². The van der Waals surface area contributed by atoms with Gasteiger partial charge in [0.05, 0.1) is 27.4 Å². The van der Waals surface area contributed by atoms with Crippen LogP contribution in [-0.4, -0.2) is 61.6 Å². The first-order valence-electron chi connectivity index (χ1n) is 11.5. The topological polar surface area (TPSA) is 61.6 Å². The van der Waals surface area contributed by atoms with Crippen LogP contribution in [-0.2, 0) is 6.18 Å². The molecule has 6 nitrogen and oxygen atoms in total. The fourth-order valence-corrected chi connectivity index (χ4v) is 5.99. The Labute approximate surface area is 215 Å². The van der Waals surface area contributed by atoms with Gasteiger partial charge in [0.25, 0.3) is 0 Å². The Kier molecular flexibility index (Phi) is 7.27. The van der Waals surface area contributed by atoms with Crippen molar-refractivity contribution >= 4 is 28.8 Å². The lowest BCUT2D eigenvalue weighted by Crippen LogP contribution is -2.47. The zero-order chi connectivity index (χ0) is 25.1. The summed E-state index contributed by atoms with van der Waals surface area (Å²) in [7, 11) is 0. The molecular formula is C25H23F3N4O2S2. The van der Waals surface area contributed by atoms with Crippen molar-refractivity contribution in [2.24, 2.45) is 0 Å². The summed E-state index contributed by atoms with van der Waals surface area (Å²) in [6.45, 7) is 4.99. The highest BCUT2D eigenvalue weighted by molar-refractivity contribution is 7.99. The number of thiophene rings is 1. The van der Waals surface area contributed by atoms with Crippen LogP contribution < -0.4 is 14.4 Å². The lowest BCUT2D eigenvalue weighted by atomic mass is 10.1. The van der Waals surface area contributed by atoms with Gasteiger partial charge in [0.15, 0.2) is 11.5 Å². The van der Waals surface area contributed by atoms with E-state index in [1.165, 1.54) is 23.1 Å². The highest BCUT2D eigenvalue weighted by Gasteiger charge is 2.36. The molecule has 0 radical (unpaired) electrons. The fraction of sp³-hybridized carbons (Fsp3) is 0.360. The van der Waals surface area contributed by atoms with Gasteiger partial charge in [-0.05, 0) is 29.6 Å². The molecule has 2 aliphatic heterocycles. The molecule has 0 bridgehead atoms. The van der Waals surface area contributed by atoms with Gasteiger partial charge in [-0.25, -0.2) is 4.98 Å². The molecule has 5 rings (SSSR count). The van der Waals surface area contributed by atoms with E-state index >= 15 is 0 Å². The van der Waals surface area contributed by atoms with Crippen LogP contribution in [0, 0.1) is 11.3 Å². The van der Waals surface area contributed by atoms with Gasteiger partial charge in [-0.15, -0.1) is 23.1 Å². The first kappa shape index (κ1) is 24.7. The summed E-state index contributed by atoms with van der Waals surface area (Å²) in [5.41, 5.74) is -0.0791. The van der Waals surface area contributed by atoms with Gasteiger partial charge < -0.3 is 14.4 Å². The minimum Gasteiger partial charge on any atom is -0.486 e. The molecule has 0 aliphatic carbocycles. The molecule has 36 heavy (non-hydrogen) atoms. The van der Waals surface area contributed by atoms with Crippen molar-refractivity contribution in [3.63, 3.8) is 0 Å². The molecule has 0 unspecified atom stereocenters. The van der Waals surface area contributed by atoms with Crippen LogP contribution in [0.4, 0.5) is 18.9 Å². The molecule has 1 aromatic carbocycles. The molecule has 1 fully saturated rings. The maximum atomic E-state index is 13.7. The quantitative estimate of drug-likeness (QED) is 0.395. The Hall–Kier alpha value is -2.94. The number of ether oxygens (including phenoxy) is 2. The van der Waals surface area contributed by atoms with Gasteiger partial charge in [0.2, 0.25) is 0 Å². The number of halogens is 3. The average Bonchev–Trinajstić information content (AvgIpc) is 3.43. The summed E-state index contributed by atoms with van der Waals surface area (Å²) in [6, 6.07) is 12.1. The van der Waals surface area contributed by atoms with Crippen molar-refractivity contribution in [3.05, 3.63) is 52.9 Å². The highest BCUT2D eigenvalue weighted by atomic mass is 32.2. The number of alkyl halides is 3. The number of rotatable bonds is 6. The van der Waals surface area contributed by atoms with Crippen LogP contribution in [0.1, 0.15) is 11.1 Å². The Bertz CT molecular complexity index is 1250. The van der Waals surface area contributed by atoms with E-state index in [1.54, 1.807) is 23.6 Å². The number of piperazine rings is 1. The van der Waals surface area contributed by atoms with Crippen molar-refractivity contribution < 1.29 is 22.6 Å². The number of hydrogen-bond donors (Lipinski definition) is 0. The van der Waals surface area contributed by atoms with Crippen LogP contribution >= 0.6 is 23.1 Å². The summed E-state index contributed by atoms with van der Waals surface area (Å²) in [4.78, 5) is 9.62. The van der Waals surface area contributed by atoms with E-state index in [4.69, 9.17) is 9.47 Å². The second-order valence-electron chi connectivity index (χ2n) is 8.30. The van der Waals surface area contributed by atoms with Gasteiger partial charge in [-0.1, -0.05) is 12.1 Å². The number of hydrogen-bond acceptors (Lipinski definition) is 8. The molecule has 0 saturated carbocycles. The molecule has 1 saturated heterocycles. The second-order valence-corrected chi connectivity index (χ2v) is 10.3. The lowest BCUT2D eigenvalue weighted by molar-refractivity contribution is -0.138. The molecule has 0 amide bonds. The molecule has 188 valence electrons. The minimum atomic E-state index is -4.63. The Morgan fingerprint density at radius 1 is 1.08 bits per heavy atom. The SMILES string of the molecule is N#Cc1c(C(F)(F)F)cc(-c2cccs2)nc1SCCN1CCN(c2cccc3c2OCCO3)CC1. The maximum absolute atomic E-state index is 13.7. The normalized spacial score (nSPS) is 16.1. The predicted molar refractivity (Wildman–Crippen MR) is 134 cm³/mol. The zero-order valence-corrected chi connectivity index (χ0v) is 20.9. The first-order valence-corrected chi connectivity index (χ1v) is 13.4. The fourth-order valence-electron chi connectivity index (χ4n) is 4.30. The third-order valence-electron chi connectivity index (χ3n) is 6.08. The van der Waals surface area contributed by atoms with Crippen molar-refractivity contribution in [2.75, 3.05) is 56.6 Å². The number of nitrogens with zero attached hydrogens (tertiary/aromatic N) is 4. The standard InChI is InChI=1S/C25H23F3N4O2S2/c26-25(27,28)18-15-19(22-5-2-13-35-22)30-24(17(18)16-29)36-14-10-31-6-8-32(9-7-31)20-3-1-4-21-23(20)34-12-11-33-21/h1-5,13,15H,6-12,14H2. The van der Waals surface area contributed by atoms with E-state index in [1.807, 2.05) is 18.2 Å². The summed E-state index contributed by atoms with van der Waals surface area (Å²) in [5, 5.41) is 11.4. The van der Waals surface area contributed by atoms with Crippen molar-refractivity contribution in [1.29, 1.82) is 5.26 Å². The van der Waals surface area contributed by atoms with Gasteiger partial charge in [0.1, 0.15) is 24.3 Å². The highest BCUT2D eigenvalue weighted by Crippen LogP contribution is 2.40. The van der Waals surface area contributed by atoms with E-state index in [9.17, 15) is 18.4 Å². The van der Waals surface area contributed by atoms with Crippen molar-refractivity contribution in [3.8, 4) is 28.1 Å². The summed E-state index contributed by atoms with van der Waals surface area (Å²) >= 11 is 2.52. The third-order valence-corrected chi connectivity index (χ3v) is 7.93. The average molecular weight is 533 g/mol. The number of para-hydroxylation sites is 1. The largest absolute Gasteiger partial charge is 0.486 e. The number of benzene rings is 1. The van der Waals surface area contributed by atoms with E-state index in [0.29, 0.717) is 30.4 Å². The molecule has 2 aromatic heterocycles. The predicted octanol–water partition coefficient (Wildman–Crippen LogP) is 5.39. The van der Waals surface area contributed by atoms with Gasteiger partial charge in [0, 0.05) is 38.5 Å². The molecular weight excluding hydrogens is 509 g/mol. The van der Waals surface area contributed by atoms with E-state index < -0.39 is 17.3 Å². The molecule has 0 atom stereocenters. The van der Waals surface area contributed by atoms with Gasteiger partial charge in [-0.2, -0.15) is 18.4 Å².